The second kappa shape index (κ2) is 6.80. The highest BCUT2D eigenvalue weighted by molar-refractivity contribution is 5.79. The summed E-state index contributed by atoms with van der Waals surface area (Å²) in [5, 5.41) is 0.488. The molecule has 0 atom stereocenters. The van der Waals surface area contributed by atoms with Crippen LogP contribution in [-0.4, -0.2) is 15.0 Å². The second-order valence-electron chi connectivity index (χ2n) is 5.92. The lowest BCUT2D eigenvalue weighted by atomic mass is 10.2. The van der Waals surface area contributed by atoms with Gasteiger partial charge in [0.2, 0.25) is 5.88 Å². The molecule has 2 heterocycles. The Morgan fingerprint density at radius 2 is 1.61 bits per heavy atom. The van der Waals surface area contributed by atoms with Crippen LogP contribution in [0.4, 0.5) is 13.2 Å². The first kappa shape index (κ1) is 17.7. The number of pyridine rings is 1. The number of halogens is 3. The van der Waals surface area contributed by atoms with Gasteiger partial charge in [0.15, 0.2) is 0 Å². The fourth-order valence-corrected chi connectivity index (χ4v) is 2.65. The molecule has 2 aromatic heterocycles. The second-order valence-corrected chi connectivity index (χ2v) is 5.92. The molecule has 0 saturated heterocycles. The number of benzene rings is 2. The number of rotatable bonds is 3. The molecule has 0 spiro atoms. The van der Waals surface area contributed by atoms with Crippen molar-refractivity contribution in [3.8, 4) is 23.0 Å². The van der Waals surface area contributed by atoms with E-state index in [2.05, 4.69) is 15.0 Å². The van der Waals surface area contributed by atoms with E-state index in [1.54, 1.807) is 48.5 Å². The van der Waals surface area contributed by atoms with E-state index in [0.29, 0.717) is 28.0 Å². The van der Waals surface area contributed by atoms with E-state index >= 15 is 0 Å². The fourth-order valence-electron chi connectivity index (χ4n) is 2.65. The van der Waals surface area contributed by atoms with Gasteiger partial charge in [0.25, 0.3) is 5.56 Å². The molecule has 0 saturated carbocycles. The van der Waals surface area contributed by atoms with Crippen LogP contribution in [-0.2, 0) is 6.18 Å². The predicted molar refractivity (Wildman–Crippen MR) is 97.1 cm³/mol. The molecule has 0 aliphatic rings. The zero-order valence-corrected chi connectivity index (χ0v) is 14.2. The molecule has 2 aromatic carbocycles. The molecule has 4 aromatic rings. The van der Waals surface area contributed by atoms with Crippen molar-refractivity contribution in [3.05, 3.63) is 82.8 Å². The number of fused-ring (bicyclic) bond motifs is 1. The zero-order chi connectivity index (χ0) is 19.7. The number of ether oxygens (including phenoxy) is 1. The summed E-state index contributed by atoms with van der Waals surface area (Å²) in [5.41, 5.74) is -0.0874. The van der Waals surface area contributed by atoms with Crippen molar-refractivity contribution in [1.82, 2.24) is 15.0 Å². The lowest BCUT2D eigenvalue weighted by Crippen LogP contribution is -2.09. The molecule has 0 unspecified atom stereocenters. The van der Waals surface area contributed by atoms with Crippen molar-refractivity contribution in [3.63, 3.8) is 0 Å². The molecule has 28 heavy (non-hydrogen) atoms. The summed E-state index contributed by atoms with van der Waals surface area (Å²) < 4.78 is 43.6. The minimum absolute atomic E-state index is 0.167. The highest BCUT2D eigenvalue weighted by atomic mass is 19.4. The Labute approximate surface area is 156 Å². The Hall–Kier alpha value is -3.68. The number of hydrogen-bond donors (Lipinski definition) is 1. The number of hydrogen-bond acceptors (Lipinski definition) is 4. The standard InChI is InChI=1S/C20H12F3N3O2/c21-20(22,23)16-6-3-7-17(25-16)28-13-10-8-12(9-11-13)18-24-15-5-2-1-4-14(15)19(27)26-18/h1-11H,(H,24,26,27). The van der Waals surface area contributed by atoms with Gasteiger partial charge in [-0.15, -0.1) is 0 Å². The van der Waals surface area contributed by atoms with Crippen LogP contribution in [0.3, 0.4) is 0 Å². The van der Waals surface area contributed by atoms with Gasteiger partial charge in [0, 0.05) is 11.6 Å². The van der Waals surface area contributed by atoms with Crippen LogP contribution in [0.1, 0.15) is 5.69 Å². The minimum Gasteiger partial charge on any atom is -0.439 e. The largest absolute Gasteiger partial charge is 0.439 e. The maximum atomic E-state index is 12.7. The lowest BCUT2D eigenvalue weighted by molar-refractivity contribution is -0.141. The van der Waals surface area contributed by atoms with E-state index in [9.17, 15) is 18.0 Å². The molecule has 0 bridgehead atoms. The van der Waals surface area contributed by atoms with Crippen LogP contribution in [0, 0.1) is 0 Å². The molecule has 0 aliphatic carbocycles. The smallest absolute Gasteiger partial charge is 0.433 e. The average Bonchev–Trinajstić information content (AvgIpc) is 2.68. The highest BCUT2D eigenvalue weighted by Crippen LogP contribution is 2.30. The highest BCUT2D eigenvalue weighted by Gasteiger charge is 2.32. The predicted octanol–water partition coefficient (Wildman–Crippen LogP) is 4.80. The van der Waals surface area contributed by atoms with E-state index < -0.39 is 11.9 Å². The number of aromatic amines is 1. The van der Waals surface area contributed by atoms with Crippen molar-refractivity contribution < 1.29 is 17.9 Å². The maximum absolute atomic E-state index is 12.7. The SMILES string of the molecule is O=c1[nH]c(-c2ccc(Oc3cccc(C(F)(F)F)n3)cc2)nc2ccccc12. The van der Waals surface area contributed by atoms with Gasteiger partial charge in [0.05, 0.1) is 10.9 Å². The van der Waals surface area contributed by atoms with Gasteiger partial charge in [-0.25, -0.2) is 9.97 Å². The number of aromatic nitrogens is 3. The summed E-state index contributed by atoms with van der Waals surface area (Å²) in [6, 6.07) is 16.8. The van der Waals surface area contributed by atoms with Gasteiger partial charge < -0.3 is 9.72 Å². The normalized spacial score (nSPS) is 11.5. The molecular weight excluding hydrogens is 371 g/mol. The molecule has 1 N–H and O–H groups in total. The topological polar surface area (TPSA) is 67.9 Å². The van der Waals surface area contributed by atoms with E-state index in [1.807, 2.05) is 0 Å². The van der Waals surface area contributed by atoms with E-state index in [1.165, 1.54) is 12.1 Å². The first-order valence-corrected chi connectivity index (χ1v) is 8.22. The van der Waals surface area contributed by atoms with Gasteiger partial charge in [-0.1, -0.05) is 18.2 Å². The first-order chi connectivity index (χ1) is 13.4. The number of nitrogens with one attached hydrogen (secondary N) is 1. The molecular formula is C20H12F3N3O2. The Morgan fingerprint density at radius 1 is 0.857 bits per heavy atom. The van der Waals surface area contributed by atoms with Crippen molar-refractivity contribution in [1.29, 1.82) is 0 Å². The summed E-state index contributed by atoms with van der Waals surface area (Å²) in [4.78, 5) is 22.8. The summed E-state index contributed by atoms with van der Waals surface area (Å²) in [6.45, 7) is 0. The summed E-state index contributed by atoms with van der Waals surface area (Å²) in [7, 11) is 0. The number of nitrogens with zero attached hydrogens (tertiary/aromatic N) is 2. The van der Waals surface area contributed by atoms with Crippen molar-refractivity contribution in [2.75, 3.05) is 0 Å². The van der Waals surface area contributed by atoms with Crippen LogP contribution >= 0.6 is 0 Å². The minimum atomic E-state index is -4.54. The molecule has 0 radical (unpaired) electrons. The van der Waals surface area contributed by atoms with Crippen LogP contribution in [0.15, 0.2) is 71.5 Å². The molecule has 0 amide bonds. The summed E-state index contributed by atoms with van der Waals surface area (Å²) in [5.74, 6) is 0.519. The number of H-pyrrole nitrogens is 1. The quantitative estimate of drug-likeness (QED) is 0.552. The lowest BCUT2D eigenvalue weighted by Gasteiger charge is -2.09. The Balaban J connectivity index is 1.61. The Kier molecular flexibility index (Phi) is 4.31. The van der Waals surface area contributed by atoms with Crippen LogP contribution in [0.2, 0.25) is 0 Å². The Morgan fingerprint density at radius 3 is 2.36 bits per heavy atom. The van der Waals surface area contributed by atoms with Crippen LogP contribution in [0.5, 0.6) is 11.6 Å². The van der Waals surface area contributed by atoms with E-state index in [-0.39, 0.29) is 11.4 Å². The van der Waals surface area contributed by atoms with Gasteiger partial charge in [-0.2, -0.15) is 13.2 Å². The van der Waals surface area contributed by atoms with Crippen molar-refractivity contribution in [2.24, 2.45) is 0 Å². The average molecular weight is 383 g/mol. The van der Waals surface area contributed by atoms with E-state index in [4.69, 9.17) is 4.74 Å². The fraction of sp³-hybridized carbons (Fsp3) is 0.0500. The van der Waals surface area contributed by atoms with Crippen LogP contribution in [0.25, 0.3) is 22.3 Å². The number of para-hydroxylation sites is 1. The number of alkyl halides is 3. The molecule has 8 heteroatoms. The molecule has 0 fully saturated rings. The molecule has 0 aliphatic heterocycles. The summed E-state index contributed by atoms with van der Waals surface area (Å²) in [6.07, 6.45) is -4.54. The van der Waals surface area contributed by atoms with Crippen LogP contribution < -0.4 is 10.3 Å². The molecule has 140 valence electrons. The van der Waals surface area contributed by atoms with Gasteiger partial charge in [-0.3, -0.25) is 4.79 Å². The Bertz CT molecular complexity index is 1200. The zero-order valence-electron chi connectivity index (χ0n) is 14.2. The van der Waals surface area contributed by atoms with Gasteiger partial charge in [-0.05, 0) is 42.5 Å². The third-order valence-electron chi connectivity index (χ3n) is 3.98. The third kappa shape index (κ3) is 3.57. The van der Waals surface area contributed by atoms with Crippen molar-refractivity contribution >= 4 is 10.9 Å². The molecule has 5 nitrogen and oxygen atoms in total. The van der Waals surface area contributed by atoms with Gasteiger partial charge >= 0.3 is 6.18 Å². The molecule has 4 rings (SSSR count). The van der Waals surface area contributed by atoms with E-state index in [0.717, 1.165) is 6.07 Å². The van der Waals surface area contributed by atoms with Crippen molar-refractivity contribution in [2.45, 2.75) is 6.18 Å². The summed E-state index contributed by atoms with van der Waals surface area (Å²) >= 11 is 0. The van der Waals surface area contributed by atoms with Gasteiger partial charge in [0.1, 0.15) is 17.3 Å². The monoisotopic (exact) mass is 383 g/mol. The maximum Gasteiger partial charge on any atom is 0.433 e. The third-order valence-corrected chi connectivity index (χ3v) is 3.98. The first-order valence-electron chi connectivity index (χ1n) is 8.22.